The summed E-state index contributed by atoms with van der Waals surface area (Å²) in [6, 6.07) is 0. The molecule has 0 spiro atoms. The van der Waals surface area contributed by atoms with E-state index < -0.39 is 6.48 Å². The number of allylic oxidation sites excluding steroid dienone is 3. The van der Waals surface area contributed by atoms with Gasteiger partial charge in [-0.05, 0) is 33.6 Å². The molecular weight excluding hydrogens is 180 g/mol. The lowest BCUT2D eigenvalue weighted by Gasteiger charge is -2.03. The molecule has 0 fully saturated rings. The molecule has 0 saturated heterocycles. The standard InChI is InChI=1S/C11H20O3/c1-9(2)5-4-6-10(3)7-8-14-11(12)13/h5,7,11-13H,4,6,8H2,1-3H3/b10-7+. The van der Waals surface area contributed by atoms with Crippen molar-refractivity contribution in [1.29, 1.82) is 0 Å². The summed E-state index contributed by atoms with van der Waals surface area (Å²) in [6.45, 7) is 4.73. The average Bonchev–Trinajstić information content (AvgIpc) is 2.02. The second-order valence-corrected chi connectivity index (χ2v) is 3.53. The topological polar surface area (TPSA) is 49.7 Å². The zero-order chi connectivity index (χ0) is 11.0. The summed E-state index contributed by atoms with van der Waals surface area (Å²) in [5, 5.41) is 16.8. The first-order chi connectivity index (χ1) is 6.52. The molecule has 3 nitrogen and oxygen atoms in total. The summed E-state index contributed by atoms with van der Waals surface area (Å²) < 4.78 is 4.56. The van der Waals surface area contributed by atoms with Gasteiger partial charge in [0.2, 0.25) is 0 Å². The summed E-state index contributed by atoms with van der Waals surface area (Å²) in [5.74, 6) is 0. The molecule has 0 atom stereocenters. The van der Waals surface area contributed by atoms with Gasteiger partial charge in [0.15, 0.2) is 0 Å². The predicted octanol–water partition coefficient (Wildman–Crippen LogP) is 1.96. The van der Waals surface area contributed by atoms with Crippen LogP contribution in [0.3, 0.4) is 0 Å². The molecule has 3 heteroatoms. The van der Waals surface area contributed by atoms with E-state index in [2.05, 4.69) is 24.7 Å². The molecule has 0 rings (SSSR count). The Morgan fingerprint density at radius 2 is 1.86 bits per heavy atom. The van der Waals surface area contributed by atoms with E-state index in [1.165, 1.54) is 11.1 Å². The smallest absolute Gasteiger partial charge is 0.266 e. The highest BCUT2D eigenvalue weighted by Gasteiger charge is 1.93. The van der Waals surface area contributed by atoms with E-state index in [-0.39, 0.29) is 6.61 Å². The minimum Gasteiger partial charge on any atom is -0.346 e. The Kier molecular flexibility index (Phi) is 7.38. The van der Waals surface area contributed by atoms with Gasteiger partial charge in [-0.1, -0.05) is 23.3 Å². The maximum atomic E-state index is 8.41. The summed E-state index contributed by atoms with van der Waals surface area (Å²) in [4.78, 5) is 0. The first kappa shape index (κ1) is 13.4. The first-order valence-corrected chi connectivity index (χ1v) is 4.79. The van der Waals surface area contributed by atoms with Gasteiger partial charge in [0.1, 0.15) is 0 Å². The molecule has 0 heterocycles. The van der Waals surface area contributed by atoms with E-state index in [0.29, 0.717) is 0 Å². The zero-order valence-corrected chi connectivity index (χ0v) is 9.16. The maximum absolute atomic E-state index is 8.41. The van der Waals surface area contributed by atoms with Crippen LogP contribution in [0.25, 0.3) is 0 Å². The quantitative estimate of drug-likeness (QED) is 0.509. The molecule has 0 aromatic heterocycles. The van der Waals surface area contributed by atoms with Gasteiger partial charge in [0, 0.05) is 0 Å². The van der Waals surface area contributed by atoms with E-state index in [1.807, 2.05) is 13.0 Å². The maximum Gasteiger partial charge on any atom is 0.266 e. The lowest BCUT2D eigenvalue weighted by molar-refractivity contribution is -0.227. The molecule has 0 aliphatic carbocycles. The van der Waals surface area contributed by atoms with Gasteiger partial charge < -0.3 is 14.9 Å². The van der Waals surface area contributed by atoms with Crippen molar-refractivity contribution in [1.82, 2.24) is 0 Å². The summed E-state index contributed by atoms with van der Waals surface area (Å²) in [5.41, 5.74) is 2.52. The fourth-order valence-corrected chi connectivity index (χ4v) is 0.967. The molecule has 82 valence electrons. The molecule has 0 amide bonds. The van der Waals surface area contributed by atoms with Crippen molar-refractivity contribution < 1.29 is 14.9 Å². The number of hydrogen-bond acceptors (Lipinski definition) is 3. The lowest BCUT2D eigenvalue weighted by Crippen LogP contribution is -2.09. The molecule has 0 aromatic carbocycles. The number of hydrogen-bond donors (Lipinski definition) is 2. The molecule has 0 saturated carbocycles. The molecule has 0 aliphatic rings. The van der Waals surface area contributed by atoms with Crippen LogP contribution in [-0.2, 0) is 4.74 Å². The number of ether oxygens (including phenoxy) is 1. The van der Waals surface area contributed by atoms with Crippen molar-refractivity contribution in [3.63, 3.8) is 0 Å². The van der Waals surface area contributed by atoms with Crippen LogP contribution in [0.15, 0.2) is 23.3 Å². The molecule has 0 unspecified atom stereocenters. The minimum absolute atomic E-state index is 0.248. The van der Waals surface area contributed by atoms with Gasteiger partial charge in [-0.3, -0.25) is 0 Å². The van der Waals surface area contributed by atoms with Crippen molar-refractivity contribution in [2.24, 2.45) is 0 Å². The Labute approximate surface area is 85.7 Å². The highest BCUT2D eigenvalue weighted by atomic mass is 16.7. The summed E-state index contributed by atoms with van der Waals surface area (Å²) in [7, 11) is 0. The normalized spacial score (nSPS) is 12.0. The van der Waals surface area contributed by atoms with Crippen LogP contribution in [0.1, 0.15) is 33.6 Å². The van der Waals surface area contributed by atoms with Gasteiger partial charge in [-0.2, -0.15) is 0 Å². The monoisotopic (exact) mass is 200 g/mol. The van der Waals surface area contributed by atoms with Crippen molar-refractivity contribution in [3.05, 3.63) is 23.3 Å². The molecule has 0 bridgehead atoms. The second kappa shape index (κ2) is 7.74. The van der Waals surface area contributed by atoms with Gasteiger partial charge in [-0.25, -0.2) is 0 Å². The molecule has 0 aromatic rings. The number of rotatable bonds is 6. The Hall–Kier alpha value is -0.640. The van der Waals surface area contributed by atoms with Gasteiger partial charge >= 0.3 is 0 Å². The number of aliphatic hydroxyl groups is 2. The van der Waals surface area contributed by atoms with Crippen LogP contribution in [0, 0.1) is 0 Å². The molecule has 14 heavy (non-hydrogen) atoms. The first-order valence-electron chi connectivity index (χ1n) is 4.79. The Balaban J connectivity index is 3.62. The van der Waals surface area contributed by atoms with E-state index in [0.717, 1.165) is 12.8 Å². The van der Waals surface area contributed by atoms with Crippen molar-refractivity contribution in [3.8, 4) is 0 Å². The largest absolute Gasteiger partial charge is 0.346 e. The average molecular weight is 200 g/mol. The van der Waals surface area contributed by atoms with Crippen LogP contribution >= 0.6 is 0 Å². The van der Waals surface area contributed by atoms with Gasteiger partial charge in [0.25, 0.3) is 6.48 Å². The van der Waals surface area contributed by atoms with Crippen LogP contribution in [0.4, 0.5) is 0 Å². The van der Waals surface area contributed by atoms with Crippen LogP contribution in [0.5, 0.6) is 0 Å². The summed E-state index contributed by atoms with van der Waals surface area (Å²) >= 11 is 0. The second-order valence-electron chi connectivity index (χ2n) is 3.53. The van der Waals surface area contributed by atoms with Crippen LogP contribution < -0.4 is 0 Å². The molecule has 0 radical (unpaired) electrons. The highest BCUT2D eigenvalue weighted by Crippen LogP contribution is 2.06. The zero-order valence-electron chi connectivity index (χ0n) is 9.16. The fourth-order valence-electron chi connectivity index (χ4n) is 0.967. The third kappa shape index (κ3) is 9.45. The minimum atomic E-state index is -1.67. The predicted molar refractivity (Wildman–Crippen MR) is 56.6 cm³/mol. The third-order valence-corrected chi connectivity index (χ3v) is 1.77. The van der Waals surface area contributed by atoms with Crippen molar-refractivity contribution >= 4 is 0 Å². The lowest BCUT2D eigenvalue weighted by atomic mass is 10.1. The Morgan fingerprint density at radius 3 is 2.36 bits per heavy atom. The fraction of sp³-hybridized carbons (Fsp3) is 0.636. The van der Waals surface area contributed by atoms with E-state index in [9.17, 15) is 0 Å². The van der Waals surface area contributed by atoms with E-state index in [4.69, 9.17) is 10.2 Å². The van der Waals surface area contributed by atoms with Crippen molar-refractivity contribution in [2.45, 2.75) is 40.1 Å². The third-order valence-electron chi connectivity index (χ3n) is 1.77. The van der Waals surface area contributed by atoms with Crippen LogP contribution in [-0.4, -0.2) is 23.3 Å². The SMILES string of the molecule is CC(C)=CCC/C(C)=C/COC(O)O. The molecular formula is C11H20O3. The van der Waals surface area contributed by atoms with Gasteiger partial charge in [-0.15, -0.1) is 0 Å². The van der Waals surface area contributed by atoms with Gasteiger partial charge in [0.05, 0.1) is 6.61 Å². The van der Waals surface area contributed by atoms with Crippen molar-refractivity contribution in [2.75, 3.05) is 6.61 Å². The van der Waals surface area contributed by atoms with Crippen LogP contribution in [0.2, 0.25) is 0 Å². The number of aliphatic hydroxyl groups excluding tert-OH is 1. The summed E-state index contributed by atoms with van der Waals surface area (Å²) in [6.07, 6.45) is 6.04. The molecule has 2 N–H and O–H groups in total. The Bertz CT molecular complexity index is 201. The van der Waals surface area contributed by atoms with E-state index in [1.54, 1.807) is 0 Å². The Morgan fingerprint density at radius 1 is 1.21 bits per heavy atom. The molecule has 0 aliphatic heterocycles. The highest BCUT2D eigenvalue weighted by molar-refractivity contribution is 5.02. The van der Waals surface area contributed by atoms with E-state index >= 15 is 0 Å².